The van der Waals surface area contributed by atoms with Crippen molar-refractivity contribution in [2.75, 3.05) is 5.09 Å². The minimum absolute atomic E-state index is 0.103. The Morgan fingerprint density at radius 1 is 0.684 bits per heavy atom. The summed E-state index contributed by atoms with van der Waals surface area (Å²) in [6.45, 7) is 3.89. The molecule has 0 saturated heterocycles. The molecule has 1 N–H and O–H groups in total. The molecule has 190 valence electrons. The summed E-state index contributed by atoms with van der Waals surface area (Å²) >= 11 is 0. The summed E-state index contributed by atoms with van der Waals surface area (Å²) in [5, 5.41) is 3.88. The van der Waals surface area contributed by atoms with Gasteiger partial charge < -0.3 is 5.09 Å². The van der Waals surface area contributed by atoms with Crippen LogP contribution < -0.4 is 15.8 Å². The van der Waals surface area contributed by atoms with Crippen LogP contribution in [0.2, 0.25) is 0 Å². The molecule has 0 aliphatic rings. The molecule has 3 heterocycles. The van der Waals surface area contributed by atoms with E-state index in [9.17, 15) is 13.3 Å². The van der Waals surface area contributed by atoms with Crippen LogP contribution in [-0.2, 0) is 9.98 Å². The van der Waals surface area contributed by atoms with Crippen LogP contribution in [0.4, 0.5) is 14.5 Å². The summed E-state index contributed by atoms with van der Waals surface area (Å²) in [6.07, 6.45) is 0. The largest absolute Gasteiger partial charge is 0.328 e. The SMILES string of the molecule is CC(C)(c1cccc(-c2ccc(F)nc2F)n1)c1cccc(P(=O)(Nc2ccccc2)c2ccccc2)n1. The lowest BCUT2D eigenvalue weighted by Crippen LogP contribution is -2.29. The number of para-hydroxylation sites is 1. The van der Waals surface area contributed by atoms with Crippen LogP contribution in [0.1, 0.15) is 25.2 Å². The molecule has 38 heavy (non-hydrogen) atoms. The normalized spacial score (nSPS) is 13.1. The first-order valence-electron chi connectivity index (χ1n) is 12.0. The maximum atomic E-state index is 14.6. The van der Waals surface area contributed by atoms with Crippen molar-refractivity contribution in [3.63, 3.8) is 0 Å². The van der Waals surface area contributed by atoms with E-state index >= 15 is 0 Å². The molecule has 5 rings (SSSR count). The molecule has 0 bridgehead atoms. The van der Waals surface area contributed by atoms with E-state index in [0.717, 1.165) is 11.8 Å². The minimum Gasteiger partial charge on any atom is -0.328 e. The van der Waals surface area contributed by atoms with Gasteiger partial charge in [0.15, 0.2) is 0 Å². The lowest BCUT2D eigenvalue weighted by molar-refractivity contribution is 0.514. The number of nitrogens with one attached hydrogen (secondary N) is 1. The van der Waals surface area contributed by atoms with Gasteiger partial charge in [-0.05, 0) is 74.5 Å². The van der Waals surface area contributed by atoms with Crippen LogP contribution >= 0.6 is 7.29 Å². The zero-order valence-electron chi connectivity index (χ0n) is 20.8. The van der Waals surface area contributed by atoms with E-state index < -0.39 is 24.6 Å². The molecule has 0 aliphatic heterocycles. The summed E-state index contributed by atoms with van der Waals surface area (Å²) in [7, 11) is -3.38. The molecule has 8 heteroatoms. The van der Waals surface area contributed by atoms with Gasteiger partial charge >= 0.3 is 0 Å². The highest BCUT2D eigenvalue weighted by Gasteiger charge is 2.33. The monoisotopic (exact) mass is 526 g/mol. The summed E-state index contributed by atoms with van der Waals surface area (Å²) in [4.78, 5) is 12.8. The fourth-order valence-electron chi connectivity index (χ4n) is 4.20. The molecule has 1 atom stereocenters. The molecular weight excluding hydrogens is 501 g/mol. The summed E-state index contributed by atoms with van der Waals surface area (Å²) in [5.41, 5.74) is 2.09. The smallest absolute Gasteiger partial charge is 0.244 e. The molecule has 2 aromatic carbocycles. The number of pyridine rings is 3. The number of rotatable bonds is 7. The third-order valence-corrected chi connectivity index (χ3v) is 8.85. The Morgan fingerprint density at radius 2 is 1.32 bits per heavy atom. The van der Waals surface area contributed by atoms with Gasteiger partial charge in [0.2, 0.25) is 19.2 Å². The van der Waals surface area contributed by atoms with E-state index in [0.29, 0.717) is 27.8 Å². The van der Waals surface area contributed by atoms with Crippen molar-refractivity contribution in [1.82, 2.24) is 15.0 Å². The molecule has 5 aromatic rings. The fourth-order valence-corrected chi connectivity index (χ4v) is 6.36. The van der Waals surface area contributed by atoms with Crippen molar-refractivity contribution >= 4 is 23.7 Å². The number of hydrogen-bond acceptors (Lipinski definition) is 4. The third kappa shape index (κ3) is 4.98. The van der Waals surface area contributed by atoms with E-state index in [4.69, 9.17) is 4.98 Å². The highest BCUT2D eigenvalue weighted by Crippen LogP contribution is 2.43. The van der Waals surface area contributed by atoms with E-state index in [-0.39, 0.29) is 5.56 Å². The van der Waals surface area contributed by atoms with E-state index in [1.165, 1.54) is 6.07 Å². The predicted molar refractivity (Wildman–Crippen MR) is 147 cm³/mol. The van der Waals surface area contributed by atoms with E-state index in [1.807, 2.05) is 92.7 Å². The molecule has 0 saturated carbocycles. The molecule has 0 spiro atoms. The Balaban J connectivity index is 1.57. The molecule has 0 amide bonds. The van der Waals surface area contributed by atoms with Crippen molar-refractivity contribution in [1.29, 1.82) is 0 Å². The van der Waals surface area contributed by atoms with Gasteiger partial charge in [-0.25, -0.2) is 4.98 Å². The lowest BCUT2D eigenvalue weighted by atomic mass is 9.84. The van der Waals surface area contributed by atoms with Gasteiger partial charge in [-0.2, -0.15) is 13.8 Å². The number of nitrogens with zero attached hydrogens (tertiary/aromatic N) is 3. The van der Waals surface area contributed by atoms with Crippen molar-refractivity contribution in [3.05, 3.63) is 132 Å². The number of benzene rings is 2. The van der Waals surface area contributed by atoms with E-state index in [1.54, 1.807) is 18.2 Å². The highest BCUT2D eigenvalue weighted by molar-refractivity contribution is 7.79. The first kappa shape index (κ1) is 25.4. The number of anilines is 1. The Kier molecular flexibility index (Phi) is 6.87. The Hall–Kier alpha value is -4.22. The van der Waals surface area contributed by atoms with Gasteiger partial charge in [0.1, 0.15) is 5.44 Å². The van der Waals surface area contributed by atoms with Crippen LogP contribution in [0.3, 0.4) is 0 Å². The van der Waals surface area contributed by atoms with Crippen LogP contribution in [0, 0.1) is 11.9 Å². The third-order valence-electron chi connectivity index (χ3n) is 6.36. The Labute approximate surface area is 220 Å². The number of hydrogen-bond donors (Lipinski definition) is 1. The maximum Gasteiger partial charge on any atom is 0.244 e. The molecule has 0 fully saturated rings. The second-order valence-electron chi connectivity index (χ2n) is 9.31. The second-order valence-corrected chi connectivity index (χ2v) is 11.7. The quantitative estimate of drug-likeness (QED) is 0.194. The van der Waals surface area contributed by atoms with E-state index in [2.05, 4.69) is 15.1 Å². The zero-order valence-corrected chi connectivity index (χ0v) is 21.7. The standard InChI is InChI=1S/C30H25F2N4OP/c1-30(2,25-16-9-15-24(33-25)23-19-20-27(31)35-29(23)32)26-17-10-18-28(34-26)38(37,22-13-7-4-8-14-22)36-21-11-5-3-6-12-21/h3-20H,1-2H3,(H,36,37). The molecule has 0 aliphatic carbocycles. The number of aromatic nitrogens is 3. The van der Waals surface area contributed by atoms with Crippen LogP contribution in [0.5, 0.6) is 0 Å². The van der Waals surface area contributed by atoms with Crippen LogP contribution in [0.15, 0.2) is 109 Å². The van der Waals surface area contributed by atoms with Gasteiger partial charge in [-0.15, -0.1) is 0 Å². The first-order valence-corrected chi connectivity index (χ1v) is 13.7. The summed E-state index contributed by atoms with van der Waals surface area (Å²) < 4.78 is 42.3. The van der Waals surface area contributed by atoms with Crippen LogP contribution in [-0.4, -0.2) is 15.0 Å². The predicted octanol–water partition coefficient (Wildman–Crippen LogP) is 6.48. The highest BCUT2D eigenvalue weighted by atomic mass is 31.2. The fraction of sp³-hybridized carbons (Fsp3) is 0.100. The van der Waals surface area contributed by atoms with Crippen molar-refractivity contribution in [3.8, 4) is 11.3 Å². The lowest BCUT2D eigenvalue weighted by Gasteiger charge is -2.26. The minimum atomic E-state index is -3.38. The molecule has 3 aromatic heterocycles. The Morgan fingerprint density at radius 3 is 2.00 bits per heavy atom. The molecule has 0 radical (unpaired) electrons. The van der Waals surface area contributed by atoms with Gasteiger partial charge in [-0.1, -0.05) is 48.5 Å². The zero-order chi connectivity index (χ0) is 26.8. The van der Waals surface area contributed by atoms with Crippen molar-refractivity contribution in [2.24, 2.45) is 0 Å². The maximum absolute atomic E-state index is 14.6. The molecular formula is C30H25F2N4OP. The van der Waals surface area contributed by atoms with Crippen molar-refractivity contribution < 1.29 is 13.3 Å². The van der Waals surface area contributed by atoms with Crippen molar-refractivity contribution in [2.45, 2.75) is 19.3 Å². The Bertz CT molecular complexity index is 1630. The summed E-state index contributed by atoms with van der Waals surface area (Å²) in [5.74, 6) is -1.82. The molecule has 5 nitrogen and oxygen atoms in total. The topological polar surface area (TPSA) is 67.8 Å². The number of halogens is 2. The van der Waals surface area contributed by atoms with Gasteiger partial charge in [0, 0.05) is 16.4 Å². The van der Waals surface area contributed by atoms with Gasteiger partial charge in [0.05, 0.1) is 22.6 Å². The molecule has 1 unspecified atom stereocenters. The van der Waals surface area contributed by atoms with Gasteiger partial charge in [0.25, 0.3) is 0 Å². The van der Waals surface area contributed by atoms with Crippen LogP contribution in [0.25, 0.3) is 11.3 Å². The second kappa shape index (κ2) is 10.3. The average Bonchev–Trinajstić information content (AvgIpc) is 2.94. The van der Waals surface area contributed by atoms with Gasteiger partial charge in [-0.3, -0.25) is 9.55 Å². The first-order chi connectivity index (χ1) is 18.3. The summed E-state index contributed by atoms with van der Waals surface area (Å²) in [6, 6.07) is 31.7. The average molecular weight is 527 g/mol.